The van der Waals surface area contributed by atoms with Crippen molar-refractivity contribution in [1.82, 2.24) is 20.2 Å². The Balaban J connectivity index is 1.76. The molecule has 19 heavy (non-hydrogen) atoms. The molecule has 100 valence electrons. The summed E-state index contributed by atoms with van der Waals surface area (Å²) in [5.74, 6) is 0.580. The van der Waals surface area contributed by atoms with E-state index in [9.17, 15) is 0 Å². The molecule has 2 atom stereocenters. The summed E-state index contributed by atoms with van der Waals surface area (Å²) in [7, 11) is 0. The monoisotopic (exact) mass is 258 g/mol. The van der Waals surface area contributed by atoms with E-state index in [2.05, 4.69) is 33.0 Å². The van der Waals surface area contributed by atoms with Crippen LogP contribution in [0.4, 0.5) is 5.69 Å². The minimum Gasteiger partial charge on any atom is -0.382 e. The Hall–Kier alpha value is -1.95. The van der Waals surface area contributed by atoms with Gasteiger partial charge < -0.3 is 11.1 Å². The van der Waals surface area contributed by atoms with Crippen molar-refractivity contribution in [2.45, 2.75) is 25.3 Å². The van der Waals surface area contributed by atoms with E-state index < -0.39 is 0 Å². The first-order valence-electron chi connectivity index (χ1n) is 6.67. The summed E-state index contributed by atoms with van der Waals surface area (Å²) in [5.41, 5.74) is 7.87. The molecule has 1 aliphatic carbocycles. The van der Waals surface area contributed by atoms with Gasteiger partial charge in [-0.3, -0.25) is 0 Å². The van der Waals surface area contributed by atoms with Crippen molar-refractivity contribution in [2.75, 3.05) is 11.9 Å². The van der Waals surface area contributed by atoms with Crippen molar-refractivity contribution >= 4 is 5.69 Å². The Bertz CT molecular complexity index is 524. The summed E-state index contributed by atoms with van der Waals surface area (Å²) in [6.07, 6.45) is 5.27. The topological polar surface area (TPSA) is 81.6 Å². The average molecular weight is 258 g/mol. The van der Waals surface area contributed by atoms with E-state index in [1.807, 2.05) is 12.1 Å². The van der Waals surface area contributed by atoms with Crippen LogP contribution < -0.4 is 11.1 Å². The second-order valence-electron chi connectivity index (χ2n) is 4.98. The first kappa shape index (κ1) is 12.1. The Morgan fingerprint density at radius 1 is 1.37 bits per heavy atom. The first-order valence-corrected chi connectivity index (χ1v) is 6.67. The molecule has 0 saturated heterocycles. The van der Waals surface area contributed by atoms with Gasteiger partial charge in [0.25, 0.3) is 0 Å². The molecule has 0 radical (unpaired) electrons. The quantitative estimate of drug-likeness (QED) is 0.861. The van der Waals surface area contributed by atoms with E-state index in [-0.39, 0.29) is 0 Å². The molecule has 0 spiro atoms. The number of aromatic nitrogens is 4. The van der Waals surface area contributed by atoms with E-state index in [4.69, 9.17) is 5.73 Å². The molecule has 1 heterocycles. The maximum Gasteiger partial charge on any atom is 0.143 e. The summed E-state index contributed by atoms with van der Waals surface area (Å²) < 4.78 is 1.65. The van der Waals surface area contributed by atoms with Gasteiger partial charge in [0.15, 0.2) is 0 Å². The van der Waals surface area contributed by atoms with E-state index in [0.717, 1.165) is 17.9 Å². The van der Waals surface area contributed by atoms with Gasteiger partial charge in [-0.1, -0.05) is 12.5 Å². The minimum atomic E-state index is 0.481. The van der Waals surface area contributed by atoms with Crippen LogP contribution in [0.2, 0.25) is 0 Å². The predicted molar refractivity (Wildman–Crippen MR) is 73.0 cm³/mol. The molecule has 1 saturated carbocycles. The smallest absolute Gasteiger partial charge is 0.143 e. The normalized spacial score (nSPS) is 22.6. The van der Waals surface area contributed by atoms with Gasteiger partial charge in [0.1, 0.15) is 6.33 Å². The number of hydrogen-bond donors (Lipinski definition) is 2. The largest absolute Gasteiger partial charge is 0.382 e. The number of nitrogens with two attached hydrogens (primary N) is 1. The van der Waals surface area contributed by atoms with Gasteiger partial charge in [-0.15, -0.1) is 5.10 Å². The summed E-state index contributed by atoms with van der Waals surface area (Å²) >= 11 is 0. The molecular weight excluding hydrogens is 240 g/mol. The minimum absolute atomic E-state index is 0.481. The van der Waals surface area contributed by atoms with Gasteiger partial charge in [0.2, 0.25) is 0 Å². The van der Waals surface area contributed by atoms with E-state index in [1.165, 1.54) is 19.3 Å². The molecule has 2 unspecified atom stereocenters. The van der Waals surface area contributed by atoms with Gasteiger partial charge in [-0.25, -0.2) is 4.68 Å². The number of tetrazole rings is 1. The molecule has 1 aromatic heterocycles. The number of nitrogens with zero attached hydrogens (tertiary/aromatic N) is 4. The molecular formula is C13H18N6. The molecule has 6 nitrogen and oxygen atoms in total. The fraction of sp³-hybridized carbons (Fsp3) is 0.462. The third-order valence-electron chi connectivity index (χ3n) is 3.77. The number of hydrogen-bond acceptors (Lipinski definition) is 5. The van der Waals surface area contributed by atoms with Crippen LogP contribution >= 0.6 is 0 Å². The summed E-state index contributed by atoms with van der Waals surface area (Å²) in [5, 5.41) is 14.8. The van der Waals surface area contributed by atoms with E-state index in [0.29, 0.717) is 12.0 Å². The zero-order valence-electron chi connectivity index (χ0n) is 10.7. The Labute approximate surface area is 112 Å². The fourth-order valence-electron chi connectivity index (χ4n) is 2.74. The van der Waals surface area contributed by atoms with Gasteiger partial charge in [0.05, 0.1) is 5.69 Å². The molecule has 6 heteroatoms. The van der Waals surface area contributed by atoms with Gasteiger partial charge in [-0.05, 0) is 53.9 Å². The summed E-state index contributed by atoms with van der Waals surface area (Å²) in [6, 6.07) is 8.60. The van der Waals surface area contributed by atoms with Crippen molar-refractivity contribution in [3.63, 3.8) is 0 Å². The Kier molecular flexibility index (Phi) is 3.41. The molecule has 0 bridgehead atoms. The lowest BCUT2D eigenvalue weighted by atomic mass is 10.0. The predicted octanol–water partition coefficient (Wildman–Crippen LogP) is 1.20. The standard InChI is InChI=1S/C13H18N6/c14-8-10-3-1-6-13(10)16-11-4-2-5-12(7-11)19-9-15-17-18-19/h2,4-5,7,9-10,13,16H,1,3,6,8,14H2. The Morgan fingerprint density at radius 2 is 2.32 bits per heavy atom. The highest BCUT2D eigenvalue weighted by Crippen LogP contribution is 2.28. The van der Waals surface area contributed by atoms with Crippen LogP contribution in [0.3, 0.4) is 0 Å². The van der Waals surface area contributed by atoms with E-state index >= 15 is 0 Å². The number of anilines is 1. The van der Waals surface area contributed by atoms with Crippen LogP contribution in [-0.4, -0.2) is 32.8 Å². The lowest BCUT2D eigenvalue weighted by molar-refractivity contribution is 0.516. The zero-order valence-corrected chi connectivity index (χ0v) is 10.7. The van der Waals surface area contributed by atoms with Crippen molar-refractivity contribution in [3.05, 3.63) is 30.6 Å². The van der Waals surface area contributed by atoms with Crippen LogP contribution in [0.1, 0.15) is 19.3 Å². The van der Waals surface area contributed by atoms with Crippen molar-refractivity contribution in [2.24, 2.45) is 11.7 Å². The van der Waals surface area contributed by atoms with Crippen LogP contribution in [0.5, 0.6) is 0 Å². The second-order valence-corrected chi connectivity index (χ2v) is 4.98. The fourth-order valence-corrected chi connectivity index (χ4v) is 2.74. The number of rotatable bonds is 4. The van der Waals surface area contributed by atoms with Crippen LogP contribution in [0.25, 0.3) is 5.69 Å². The maximum atomic E-state index is 5.81. The first-order chi connectivity index (χ1) is 9.36. The molecule has 2 aromatic rings. The van der Waals surface area contributed by atoms with Crippen molar-refractivity contribution < 1.29 is 0 Å². The zero-order chi connectivity index (χ0) is 13.1. The molecule has 1 fully saturated rings. The van der Waals surface area contributed by atoms with Gasteiger partial charge in [0, 0.05) is 11.7 Å². The highest BCUT2D eigenvalue weighted by Gasteiger charge is 2.25. The molecule has 1 aromatic carbocycles. The van der Waals surface area contributed by atoms with Crippen molar-refractivity contribution in [1.29, 1.82) is 0 Å². The highest BCUT2D eigenvalue weighted by molar-refractivity contribution is 5.51. The summed E-state index contributed by atoms with van der Waals surface area (Å²) in [6.45, 7) is 0.754. The second kappa shape index (κ2) is 5.36. The third-order valence-corrected chi connectivity index (χ3v) is 3.77. The van der Waals surface area contributed by atoms with Gasteiger partial charge >= 0.3 is 0 Å². The number of nitrogens with one attached hydrogen (secondary N) is 1. The maximum absolute atomic E-state index is 5.81. The SMILES string of the molecule is NCC1CCCC1Nc1cccc(-n2cnnn2)c1. The third kappa shape index (κ3) is 2.58. The van der Waals surface area contributed by atoms with Crippen LogP contribution in [-0.2, 0) is 0 Å². The molecule has 3 rings (SSSR count). The van der Waals surface area contributed by atoms with Crippen LogP contribution in [0, 0.1) is 5.92 Å². The Morgan fingerprint density at radius 3 is 3.11 bits per heavy atom. The highest BCUT2D eigenvalue weighted by atomic mass is 15.5. The lowest BCUT2D eigenvalue weighted by Gasteiger charge is -2.21. The van der Waals surface area contributed by atoms with Crippen molar-refractivity contribution in [3.8, 4) is 5.69 Å². The average Bonchev–Trinajstić information content (AvgIpc) is 3.10. The van der Waals surface area contributed by atoms with E-state index in [1.54, 1.807) is 11.0 Å². The molecule has 1 aliphatic rings. The molecule has 3 N–H and O–H groups in total. The lowest BCUT2D eigenvalue weighted by Crippen LogP contribution is -2.29. The van der Waals surface area contributed by atoms with Crippen LogP contribution in [0.15, 0.2) is 30.6 Å². The number of benzene rings is 1. The van der Waals surface area contributed by atoms with Gasteiger partial charge in [-0.2, -0.15) is 0 Å². The molecule has 0 aliphatic heterocycles. The molecule has 0 amide bonds. The summed E-state index contributed by atoms with van der Waals surface area (Å²) in [4.78, 5) is 0.